The molecule has 0 spiro atoms. The number of hydrogen-bond acceptors (Lipinski definition) is 4. The van der Waals surface area contributed by atoms with Crippen LogP contribution in [0.4, 0.5) is 11.4 Å². The molecule has 0 aromatic heterocycles. The van der Waals surface area contributed by atoms with Gasteiger partial charge in [-0.05, 0) is 12.1 Å². The summed E-state index contributed by atoms with van der Waals surface area (Å²) in [5.41, 5.74) is 0.0580. The van der Waals surface area contributed by atoms with Gasteiger partial charge in [-0.25, -0.2) is 4.21 Å². The van der Waals surface area contributed by atoms with Crippen LogP contribution in [0.25, 0.3) is 0 Å². The van der Waals surface area contributed by atoms with Crippen LogP contribution >= 0.6 is 11.6 Å². The molecule has 0 bridgehead atoms. The van der Waals surface area contributed by atoms with Crippen molar-refractivity contribution in [3.63, 3.8) is 0 Å². The summed E-state index contributed by atoms with van der Waals surface area (Å²) >= 11 is 5.61. The van der Waals surface area contributed by atoms with Crippen molar-refractivity contribution in [2.75, 3.05) is 12.5 Å². The lowest BCUT2D eigenvalue weighted by molar-refractivity contribution is -0.384. The number of halogens is 1. The van der Waals surface area contributed by atoms with Crippen LogP contribution in [-0.2, 0) is 9.73 Å². The first-order valence-corrected chi connectivity index (χ1v) is 6.61. The Morgan fingerprint density at radius 3 is 2.53 bits per heavy atom. The molecular formula is C8H9ClN2O3S. The maximum Gasteiger partial charge on any atom is 0.290 e. The fourth-order valence-corrected chi connectivity index (χ4v) is 1.76. The highest BCUT2D eigenvalue weighted by Gasteiger charge is 2.12. The van der Waals surface area contributed by atoms with Gasteiger partial charge in [0.1, 0.15) is 5.02 Å². The zero-order valence-corrected chi connectivity index (χ0v) is 9.71. The Bertz CT molecular complexity index is 513. The number of nitrogens with zero attached hydrogens (tertiary/aromatic N) is 2. The van der Waals surface area contributed by atoms with E-state index in [1.807, 2.05) is 0 Å². The van der Waals surface area contributed by atoms with Crippen molar-refractivity contribution >= 4 is 32.7 Å². The molecule has 0 saturated heterocycles. The average molecular weight is 249 g/mol. The number of rotatable bonds is 2. The molecule has 1 aromatic carbocycles. The smallest absolute Gasteiger partial charge is 0.258 e. The number of hydrogen-bond donors (Lipinski definition) is 0. The Labute approximate surface area is 92.4 Å². The first-order valence-electron chi connectivity index (χ1n) is 3.91. The highest BCUT2D eigenvalue weighted by atomic mass is 35.5. The van der Waals surface area contributed by atoms with Gasteiger partial charge in [-0.3, -0.25) is 10.1 Å². The predicted octanol–water partition coefficient (Wildman–Crippen LogP) is 2.61. The zero-order valence-electron chi connectivity index (χ0n) is 8.14. The van der Waals surface area contributed by atoms with Gasteiger partial charge >= 0.3 is 0 Å². The summed E-state index contributed by atoms with van der Waals surface area (Å²) in [6.07, 6.45) is 2.90. The molecular weight excluding hydrogens is 240 g/mol. The van der Waals surface area contributed by atoms with E-state index in [0.29, 0.717) is 5.69 Å². The number of nitro benzene ring substituents is 1. The van der Waals surface area contributed by atoms with Gasteiger partial charge in [0.15, 0.2) is 0 Å². The molecule has 15 heavy (non-hydrogen) atoms. The molecule has 1 rings (SSSR count). The van der Waals surface area contributed by atoms with Crippen molar-refractivity contribution < 1.29 is 9.13 Å². The number of benzene rings is 1. The first kappa shape index (κ1) is 11.9. The van der Waals surface area contributed by atoms with E-state index in [4.69, 9.17) is 11.6 Å². The van der Waals surface area contributed by atoms with Gasteiger partial charge < -0.3 is 0 Å². The molecule has 5 nitrogen and oxygen atoms in total. The fourth-order valence-electron chi connectivity index (χ4n) is 0.952. The molecule has 82 valence electrons. The topological polar surface area (TPSA) is 72.6 Å². The van der Waals surface area contributed by atoms with Gasteiger partial charge in [-0.1, -0.05) is 11.6 Å². The van der Waals surface area contributed by atoms with E-state index in [0.717, 1.165) is 0 Å². The lowest BCUT2D eigenvalue weighted by Crippen LogP contribution is -1.91. The molecule has 0 heterocycles. The van der Waals surface area contributed by atoms with Crippen LogP contribution in [0.15, 0.2) is 22.6 Å². The van der Waals surface area contributed by atoms with E-state index >= 15 is 0 Å². The van der Waals surface area contributed by atoms with Gasteiger partial charge in [0.25, 0.3) is 5.69 Å². The van der Waals surface area contributed by atoms with E-state index in [-0.39, 0.29) is 10.7 Å². The maximum atomic E-state index is 11.4. The molecule has 0 N–H and O–H groups in total. The van der Waals surface area contributed by atoms with Crippen LogP contribution in [0.5, 0.6) is 0 Å². The lowest BCUT2D eigenvalue weighted by Gasteiger charge is -1.98. The lowest BCUT2D eigenvalue weighted by atomic mass is 10.3. The fraction of sp³-hybridized carbons (Fsp3) is 0.250. The molecule has 0 aliphatic carbocycles. The Morgan fingerprint density at radius 2 is 2.07 bits per heavy atom. The van der Waals surface area contributed by atoms with Crippen LogP contribution in [0.1, 0.15) is 0 Å². The van der Waals surface area contributed by atoms with Gasteiger partial charge in [0, 0.05) is 28.3 Å². The molecule has 0 saturated carbocycles. The quantitative estimate of drug-likeness (QED) is 0.596. The van der Waals surface area contributed by atoms with Crippen molar-refractivity contribution in [1.82, 2.24) is 0 Å². The SMILES string of the molecule is CS(C)(=O)=Nc1ccc(Cl)c([N+](=O)[O-])c1. The molecule has 0 amide bonds. The van der Waals surface area contributed by atoms with Crippen molar-refractivity contribution in [3.05, 3.63) is 33.3 Å². The second-order valence-corrected chi connectivity index (χ2v) is 6.12. The predicted molar refractivity (Wildman–Crippen MR) is 60.2 cm³/mol. The minimum Gasteiger partial charge on any atom is -0.258 e. The summed E-state index contributed by atoms with van der Waals surface area (Å²) in [6, 6.07) is 4.06. The molecule has 0 radical (unpaired) electrons. The highest BCUT2D eigenvalue weighted by Crippen LogP contribution is 2.29. The molecule has 0 unspecified atom stereocenters. The Morgan fingerprint density at radius 1 is 1.47 bits per heavy atom. The van der Waals surface area contributed by atoms with Crippen LogP contribution in [0, 0.1) is 10.1 Å². The van der Waals surface area contributed by atoms with Gasteiger partial charge in [-0.2, -0.15) is 4.36 Å². The Hall–Kier alpha value is -1.14. The minimum atomic E-state index is -2.32. The van der Waals surface area contributed by atoms with Crippen LogP contribution in [-0.4, -0.2) is 21.6 Å². The van der Waals surface area contributed by atoms with Crippen LogP contribution in [0.2, 0.25) is 5.02 Å². The van der Waals surface area contributed by atoms with Crippen molar-refractivity contribution in [3.8, 4) is 0 Å². The van der Waals surface area contributed by atoms with Gasteiger partial charge in [-0.15, -0.1) is 0 Å². The van der Waals surface area contributed by atoms with Gasteiger partial charge in [0.2, 0.25) is 0 Å². The third-order valence-corrected chi connectivity index (χ3v) is 2.42. The molecule has 0 aliphatic heterocycles. The second kappa shape index (κ2) is 4.16. The monoisotopic (exact) mass is 248 g/mol. The average Bonchev–Trinajstić information content (AvgIpc) is 2.05. The first-order chi connectivity index (χ1) is 6.79. The molecule has 0 aliphatic rings. The summed E-state index contributed by atoms with van der Waals surface area (Å²) in [4.78, 5) is 9.95. The Balaban J connectivity index is 3.32. The standard InChI is InChI=1S/C8H9ClN2O3S/c1-15(2,14)10-6-3-4-7(9)8(5-6)11(12)13/h3-5H,1-2H3. The molecule has 0 atom stereocenters. The summed E-state index contributed by atoms with van der Waals surface area (Å²) in [5.74, 6) is 0. The van der Waals surface area contributed by atoms with E-state index in [1.54, 1.807) is 0 Å². The van der Waals surface area contributed by atoms with E-state index in [1.165, 1.54) is 30.7 Å². The summed E-state index contributed by atoms with van der Waals surface area (Å²) in [6.45, 7) is 0. The van der Waals surface area contributed by atoms with Crippen molar-refractivity contribution in [2.45, 2.75) is 0 Å². The zero-order chi connectivity index (χ0) is 11.6. The third-order valence-electron chi connectivity index (χ3n) is 1.45. The van der Waals surface area contributed by atoms with Crippen LogP contribution < -0.4 is 0 Å². The highest BCUT2D eigenvalue weighted by molar-refractivity contribution is 7.92. The van der Waals surface area contributed by atoms with Crippen LogP contribution in [0.3, 0.4) is 0 Å². The van der Waals surface area contributed by atoms with E-state index in [9.17, 15) is 14.3 Å². The summed E-state index contributed by atoms with van der Waals surface area (Å²) in [7, 11) is -2.32. The maximum absolute atomic E-state index is 11.4. The van der Waals surface area contributed by atoms with Crippen molar-refractivity contribution in [1.29, 1.82) is 0 Å². The summed E-state index contributed by atoms with van der Waals surface area (Å²) < 4.78 is 15.2. The van der Waals surface area contributed by atoms with E-state index in [2.05, 4.69) is 4.36 Å². The van der Waals surface area contributed by atoms with Gasteiger partial charge in [0.05, 0.1) is 10.6 Å². The molecule has 0 fully saturated rings. The number of nitro groups is 1. The molecule has 7 heteroatoms. The second-order valence-electron chi connectivity index (χ2n) is 3.17. The minimum absolute atomic E-state index is 0.0395. The van der Waals surface area contributed by atoms with E-state index < -0.39 is 14.7 Å². The van der Waals surface area contributed by atoms with Crippen molar-refractivity contribution in [2.24, 2.45) is 4.36 Å². The summed E-state index contributed by atoms with van der Waals surface area (Å²) in [5, 5.41) is 10.6. The third kappa shape index (κ3) is 3.49. The molecule has 1 aromatic rings. The largest absolute Gasteiger partial charge is 0.290 e. The normalized spacial score (nSPS) is 11.1. The Kier molecular flexibility index (Phi) is 3.31.